The van der Waals surface area contributed by atoms with Gasteiger partial charge >= 0.3 is 0 Å². The number of nitrogens with zero attached hydrogens (tertiary/aromatic N) is 1. The number of carbonyl (C=O) groups is 1. The summed E-state index contributed by atoms with van der Waals surface area (Å²) in [6.45, 7) is 7.42. The predicted molar refractivity (Wildman–Crippen MR) is 99.9 cm³/mol. The summed E-state index contributed by atoms with van der Waals surface area (Å²) in [7, 11) is -2.17. The van der Waals surface area contributed by atoms with E-state index in [4.69, 9.17) is 4.74 Å². The number of hydrogen-bond donors (Lipinski definition) is 3. The molecule has 0 bridgehead atoms. The molecule has 0 radical (unpaired) electrons. The van der Waals surface area contributed by atoms with Gasteiger partial charge in [-0.3, -0.25) is 9.69 Å². The Bertz CT molecular complexity index is 703. The van der Waals surface area contributed by atoms with Crippen LogP contribution in [0.4, 0.5) is 0 Å². The van der Waals surface area contributed by atoms with E-state index in [1.54, 1.807) is 13.0 Å². The Morgan fingerprint density at radius 3 is 2.69 bits per heavy atom. The van der Waals surface area contributed by atoms with Crippen molar-refractivity contribution < 1.29 is 17.9 Å². The molecule has 0 aromatic heterocycles. The van der Waals surface area contributed by atoms with Gasteiger partial charge < -0.3 is 15.4 Å². The number of rotatable bonds is 9. The molecule has 26 heavy (non-hydrogen) atoms. The summed E-state index contributed by atoms with van der Waals surface area (Å²) < 4.78 is 31.9. The van der Waals surface area contributed by atoms with Crippen molar-refractivity contribution in [1.29, 1.82) is 0 Å². The summed E-state index contributed by atoms with van der Waals surface area (Å²) in [5.74, 6) is -0.258. The lowest BCUT2D eigenvalue weighted by molar-refractivity contribution is 0.0946. The number of hydrogen-bond acceptors (Lipinski definition) is 6. The lowest BCUT2D eigenvalue weighted by Crippen LogP contribution is -2.46. The average molecular weight is 385 g/mol. The molecule has 146 valence electrons. The largest absolute Gasteiger partial charge is 0.383 e. The quantitative estimate of drug-likeness (QED) is 0.499. The molecule has 2 rings (SSSR count). The first kappa shape index (κ1) is 20.8. The van der Waals surface area contributed by atoms with Crippen LogP contribution in [0.1, 0.15) is 15.9 Å². The van der Waals surface area contributed by atoms with Crippen LogP contribution in [0.5, 0.6) is 0 Å². The minimum atomic E-state index is -3.67. The van der Waals surface area contributed by atoms with Gasteiger partial charge in [-0.2, -0.15) is 0 Å². The molecule has 1 fully saturated rings. The number of amides is 1. The van der Waals surface area contributed by atoms with Crippen LogP contribution in [-0.4, -0.2) is 78.8 Å². The molecule has 0 atom stereocenters. The molecular weight excluding hydrogens is 356 g/mol. The van der Waals surface area contributed by atoms with Crippen molar-refractivity contribution in [2.45, 2.75) is 11.8 Å². The van der Waals surface area contributed by atoms with Crippen molar-refractivity contribution in [3.05, 3.63) is 29.3 Å². The molecule has 0 spiro atoms. The van der Waals surface area contributed by atoms with Gasteiger partial charge in [-0.1, -0.05) is 6.07 Å². The summed E-state index contributed by atoms with van der Waals surface area (Å²) in [6, 6.07) is 4.57. The molecule has 1 saturated heterocycles. The Morgan fingerprint density at radius 1 is 1.27 bits per heavy atom. The summed E-state index contributed by atoms with van der Waals surface area (Å²) in [5.41, 5.74) is 1.11. The molecule has 0 aliphatic carbocycles. The van der Waals surface area contributed by atoms with Gasteiger partial charge in [-0.15, -0.1) is 0 Å². The monoisotopic (exact) mass is 384 g/mol. The van der Waals surface area contributed by atoms with Gasteiger partial charge in [0.1, 0.15) is 0 Å². The molecule has 8 nitrogen and oxygen atoms in total. The summed E-state index contributed by atoms with van der Waals surface area (Å²) in [6.07, 6.45) is 0. The Balaban J connectivity index is 1.97. The van der Waals surface area contributed by atoms with Gasteiger partial charge in [0.2, 0.25) is 10.0 Å². The molecule has 1 aliphatic heterocycles. The van der Waals surface area contributed by atoms with Crippen LogP contribution < -0.4 is 15.4 Å². The minimum absolute atomic E-state index is 0.0754. The molecule has 0 saturated carbocycles. The van der Waals surface area contributed by atoms with Crippen LogP contribution >= 0.6 is 0 Å². The van der Waals surface area contributed by atoms with Crippen molar-refractivity contribution in [1.82, 2.24) is 20.3 Å². The molecule has 3 N–H and O–H groups in total. The SMILES string of the molecule is COCCNS(=O)(=O)c1ccc(C)c(C(=O)NCCN2CCNCC2)c1. The third kappa shape index (κ3) is 6.03. The maximum Gasteiger partial charge on any atom is 0.251 e. The molecule has 1 amide bonds. The van der Waals surface area contributed by atoms with Crippen molar-refractivity contribution in [2.24, 2.45) is 0 Å². The van der Waals surface area contributed by atoms with Crippen molar-refractivity contribution in [2.75, 3.05) is 59.5 Å². The number of piperazine rings is 1. The number of nitrogens with one attached hydrogen (secondary N) is 3. The summed E-state index contributed by atoms with van der Waals surface area (Å²) in [4.78, 5) is 14.8. The Hall–Kier alpha value is -1.52. The van der Waals surface area contributed by atoms with E-state index >= 15 is 0 Å². The zero-order chi connectivity index (χ0) is 19.0. The highest BCUT2D eigenvalue weighted by molar-refractivity contribution is 7.89. The first-order chi connectivity index (χ1) is 12.4. The Morgan fingerprint density at radius 2 is 2.00 bits per heavy atom. The Kier molecular flexibility index (Phi) is 7.98. The van der Waals surface area contributed by atoms with E-state index in [-0.39, 0.29) is 24.0 Å². The maximum atomic E-state index is 12.5. The van der Waals surface area contributed by atoms with Gasteiger partial charge in [0.15, 0.2) is 0 Å². The molecular formula is C17H28N4O4S. The number of sulfonamides is 1. The molecule has 1 aromatic carbocycles. The van der Waals surface area contributed by atoms with Crippen LogP contribution in [0.3, 0.4) is 0 Å². The average Bonchev–Trinajstić information content (AvgIpc) is 2.63. The van der Waals surface area contributed by atoms with E-state index in [2.05, 4.69) is 20.3 Å². The van der Waals surface area contributed by atoms with Gasteiger partial charge in [0, 0.05) is 58.5 Å². The van der Waals surface area contributed by atoms with Crippen LogP contribution in [0.2, 0.25) is 0 Å². The first-order valence-corrected chi connectivity index (χ1v) is 10.2. The van der Waals surface area contributed by atoms with Crippen LogP contribution in [0, 0.1) is 6.92 Å². The van der Waals surface area contributed by atoms with Crippen LogP contribution in [0.15, 0.2) is 23.1 Å². The molecule has 1 aliphatic rings. The summed E-state index contributed by atoms with van der Waals surface area (Å²) in [5, 5.41) is 6.17. The molecule has 1 aromatic rings. The minimum Gasteiger partial charge on any atom is -0.383 e. The van der Waals surface area contributed by atoms with Crippen molar-refractivity contribution in [3.63, 3.8) is 0 Å². The first-order valence-electron chi connectivity index (χ1n) is 8.74. The van der Waals surface area contributed by atoms with E-state index in [1.807, 2.05) is 0 Å². The van der Waals surface area contributed by atoms with Gasteiger partial charge in [0.25, 0.3) is 5.91 Å². The van der Waals surface area contributed by atoms with Gasteiger partial charge in [0.05, 0.1) is 11.5 Å². The lowest BCUT2D eigenvalue weighted by atomic mass is 10.1. The zero-order valence-corrected chi connectivity index (χ0v) is 16.2. The highest BCUT2D eigenvalue weighted by Gasteiger charge is 2.18. The third-order valence-corrected chi connectivity index (χ3v) is 5.74. The lowest BCUT2D eigenvalue weighted by Gasteiger charge is -2.27. The second-order valence-corrected chi connectivity index (χ2v) is 7.98. The highest BCUT2D eigenvalue weighted by atomic mass is 32.2. The van der Waals surface area contributed by atoms with E-state index < -0.39 is 10.0 Å². The van der Waals surface area contributed by atoms with Gasteiger partial charge in [-0.25, -0.2) is 13.1 Å². The van der Waals surface area contributed by atoms with Crippen molar-refractivity contribution in [3.8, 4) is 0 Å². The number of methoxy groups -OCH3 is 1. The molecule has 9 heteroatoms. The van der Waals surface area contributed by atoms with E-state index in [9.17, 15) is 13.2 Å². The fraction of sp³-hybridized carbons (Fsp3) is 0.588. The fourth-order valence-electron chi connectivity index (χ4n) is 2.73. The maximum absolute atomic E-state index is 12.5. The van der Waals surface area contributed by atoms with E-state index in [0.29, 0.717) is 12.1 Å². The third-order valence-electron chi connectivity index (χ3n) is 4.29. The molecule has 0 unspecified atom stereocenters. The smallest absolute Gasteiger partial charge is 0.251 e. The Labute approximate surface area is 155 Å². The number of aryl methyl sites for hydroxylation is 1. The normalized spacial score (nSPS) is 15.8. The van der Waals surface area contributed by atoms with E-state index in [1.165, 1.54) is 19.2 Å². The van der Waals surface area contributed by atoms with E-state index in [0.717, 1.165) is 38.3 Å². The molecule has 1 heterocycles. The fourth-order valence-corrected chi connectivity index (χ4v) is 3.77. The topological polar surface area (TPSA) is 99.8 Å². The van der Waals surface area contributed by atoms with Crippen molar-refractivity contribution >= 4 is 15.9 Å². The zero-order valence-electron chi connectivity index (χ0n) is 15.4. The number of carbonyl (C=O) groups excluding carboxylic acids is 1. The predicted octanol–water partition coefficient (Wildman–Crippen LogP) is -0.445. The van der Waals surface area contributed by atoms with Gasteiger partial charge in [-0.05, 0) is 24.6 Å². The van der Waals surface area contributed by atoms with Crippen LogP contribution in [-0.2, 0) is 14.8 Å². The second-order valence-electron chi connectivity index (χ2n) is 6.21. The number of ether oxygens (including phenoxy) is 1. The second kappa shape index (κ2) is 9.98. The number of benzene rings is 1. The van der Waals surface area contributed by atoms with Crippen LogP contribution in [0.25, 0.3) is 0 Å². The standard InChI is InChI=1S/C17H28N4O4S/c1-14-3-4-15(26(23,24)20-8-12-25-2)13-16(14)17(22)19-7-11-21-9-5-18-6-10-21/h3-4,13,18,20H,5-12H2,1-2H3,(H,19,22). The highest BCUT2D eigenvalue weighted by Crippen LogP contribution is 2.15. The summed E-state index contributed by atoms with van der Waals surface area (Å²) >= 11 is 0.